The van der Waals surface area contributed by atoms with E-state index in [2.05, 4.69) is 15.3 Å². The predicted molar refractivity (Wildman–Crippen MR) is 80.7 cm³/mol. The van der Waals surface area contributed by atoms with Crippen LogP contribution in [0.4, 0.5) is 5.82 Å². The molecule has 6 nitrogen and oxygen atoms in total. The van der Waals surface area contributed by atoms with Crippen molar-refractivity contribution >= 4 is 44.9 Å². The van der Waals surface area contributed by atoms with Crippen LogP contribution in [0.25, 0.3) is 10.2 Å². The number of anilines is 1. The summed E-state index contributed by atoms with van der Waals surface area (Å²) in [7, 11) is 0. The van der Waals surface area contributed by atoms with E-state index in [1.54, 1.807) is 6.92 Å². The fourth-order valence-corrected chi connectivity index (χ4v) is 3.12. The van der Waals surface area contributed by atoms with E-state index in [1.807, 2.05) is 6.92 Å². The van der Waals surface area contributed by atoms with Crippen molar-refractivity contribution in [2.24, 2.45) is 5.73 Å². The Morgan fingerprint density at radius 1 is 1.50 bits per heavy atom. The number of fused-ring (bicyclic) bond motifs is 1. The Hall–Kier alpha value is -1.44. The molecule has 2 aromatic heterocycles. The van der Waals surface area contributed by atoms with Crippen LogP contribution in [0.2, 0.25) is 5.28 Å². The number of halogens is 1. The molecule has 2 heterocycles. The second kappa shape index (κ2) is 6.34. The predicted octanol–water partition coefficient (Wildman–Crippen LogP) is 2.20. The Kier molecular flexibility index (Phi) is 4.74. The summed E-state index contributed by atoms with van der Waals surface area (Å²) in [6.45, 7) is 4.97. The SMILES string of the molecule is CCOC(=O)c1sc2nc(Cl)nc(NCCN)c2c1C. The number of hydrogen-bond acceptors (Lipinski definition) is 7. The van der Waals surface area contributed by atoms with E-state index in [9.17, 15) is 4.79 Å². The standard InChI is InChI=1S/C12H15ClN4O2S/c1-3-19-11(18)8-6(2)7-9(15-5-4-14)16-12(13)17-10(7)20-8/h3-5,14H2,1-2H3,(H,15,16,17). The molecule has 0 saturated heterocycles. The van der Waals surface area contributed by atoms with E-state index < -0.39 is 0 Å². The lowest BCUT2D eigenvalue weighted by molar-refractivity contribution is 0.0531. The molecule has 2 rings (SSSR count). The van der Waals surface area contributed by atoms with Crippen molar-refractivity contribution in [1.82, 2.24) is 9.97 Å². The minimum absolute atomic E-state index is 0.133. The molecule has 2 aromatic rings. The van der Waals surface area contributed by atoms with Crippen molar-refractivity contribution < 1.29 is 9.53 Å². The Morgan fingerprint density at radius 2 is 2.25 bits per heavy atom. The Balaban J connectivity index is 2.55. The van der Waals surface area contributed by atoms with Gasteiger partial charge in [-0.1, -0.05) is 0 Å². The van der Waals surface area contributed by atoms with Gasteiger partial charge in [0.1, 0.15) is 15.5 Å². The number of nitrogens with zero attached hydrogens (tertiary/aromatic N) is 2. The molecule has 108 valence electrons. The molecule has 0 aliphatic rings. The van der Waals surface area contributed by atoms with Gasteiger partial charge in [-0.15, -0.1) is 11.3 Å². The van der Waals surface area contributed by atoms with E-state index in [4.69, 9.17) is 22.1 Å². The van der Waals surface area contributed by atoms with Gasteiger partial charge in [-0.2, -0.15) is 0 Å². The summed E-state index contributed by atoms with van der Waals surface area (Å²) in [6.07, 6.45) is 0. The molecule has 0 bridgehead atoms. The number of aryl methyl sites for hydroxylation is 1. The number of nitrogens with one attached hydrogen (secondary N) is 1. The number of carbonyl (C=O) groups is 1. The van der Waals surface area contributed by atoms with Crippen LogP contribution in [0.15, 0.2) is 0 Å². The number of thiophene rings is 1. The minimum Gasteiger partial charge on any atom is -0.462 e. The highest BCUT2D eigenvalue weighted by atomic mass is 35.5. The van der Waals surface area contributed by atoms with Crippen LogP contribution < -0.4 is 11.1 Å². The molecule has 0 atom stereocenters. The highest BCUT2D eigenvalue weighted by Crippen LogP contribution is 2.34. The number of hydrogen-bond donors (Lipinski definition) is 2. The Bertz CT molecular complexity index is 644. The molecule has 0 unspecified atom stereocenters. The van der Waals surface area contributed by atoms with Gasteiger partial charge in [-0.3, -0.25) is 0 Å². The first-order valence-corrected chi connectivity index (χ1v) is 7.35. The van der Waals surface area contributed by atoms with Crippen molar-refractivity contribution in [1.29, 1.82) is 0 Å². The summed E-state index contributed by atoms with van der Waals surface area (Å²) >= 11 is 7.15. The number of esters is 1. The Labute approximate surface area is 125 Å². The maximum Gasteiger partial charge on any atom is 0.348 e. The van der Waals surface area contributed by atoms with Gasteiger partial charge in [0.15, 0.2) is 0 Å². The molecule has 0 aromatic carbocycles. The summed E-state index contributed by atoms with van der Waals surface area (Å²) in [4.78, 5) is 21.4. The van der Waals surface area contributed by atoms with Crippen molar-refractivity contribution in [3.8, 4) is 0 Å². The van der Waals surface area contributed by atoms with E-state index in [-0.39, 0.29) is 11.3 Å². The van der Waals surface area contributed by atoms with Crippen LogP contribution in [0.3, 0.4) is 0 Å². The first-order valence-electron chi connectivity index (χ1n) is 6.16. The van der Waals surface area contributed by atoms with Gasteiger partial charge in [0, 0.05) is 13.1 Å². The molecular formula is C12H15ClN4O2S. The fraction of sp³-hybridized carbons (Fsp3) is 0.417. The van der Waals surface area contributed by atoms with E-state index >= 15 is 0 Å². The third kappa shape index (κ3) is 2.84. The van der Waals surface area contributed by atoms with Gasteiger partial charge >= 0.3 is 5.97 Å². The molecule has 8 heteroatoms. The summed E-state index contributed by atoms with van der Waals surface area (Å²) in [6, 6.07) is 0. The van der Waals surface area contributed by atoms with E-state index in [0.29, 0.717) is 35.2 Å². The second-order valence-electron chi connectivity index (χ2n) is 4.01. The first-order chi connectivity index (χ1) is 9.58. The number of rotatable bonds is 5. The van der Waals surface area contributed by atoms with Gasteiger partial charge < -0.3 is 15.8 Å². The first kappa shape index (κ1) is 15.0. The molecule has 0 saturated carbocycles. The number of carbonyl (C=O) groups excluding carboxylic acids is 1. The molecule has 0 aliphatic heterocycles. The lowest BCUT2D eigenvalue weighted by Gasteiger charge is -2.06. The third-order valence-corrected chi connectivity index (χ3v) is 4.00. The smallest absolute Gasteiger partial charge is 0.348 e. The van der Waals surface area contributed by atoms with Crippen molar-refractivity contribution in [2.45, 2.75) is 13.8 Å². The summed E-state index contributed by atoms with van der Waals surface area (Å²) < 4.78 is 5.04. The lowest BCUT2D eigenvalue weighted by Crippen LogP contribution is -2.14. The average Bonchev–Trinajstić information content (AvgIpc) is 2.73. The van der Waals surface area contributed by atoms with Crippen molar-refractivity contribution in [3.05, 3.63) is 15.7 Å². The maximum atomic E-state index is 11.9. The molecule has 0 fully saturated rings. The zero-order valence-electron chi connectivity index (χ0n) is 11.2. The molecular weight excluding hydrogens is 300 g/mol. The van der Waals surface area contributed by atoms with Gasteiger partial charge in [0.2, 0.25) is 5.28 Å². The van der Waals surface area contributed by atoms with Crippen LogP contribution in [0.5, 0.6) is 0 Å². The zero-order chi connectivity index (χ0) is 14.7. The molecule has 20 heavy (non-hydrogen) atoms. The summed E-state index contributed by atoms with van der Waals surface area (Å²) in [5.74, 6) is 0.239. The van der Waals surface area contributed by atoms with E-state index in [1.165, 1.54) is 11.3 Å². The molecule has 0 radical (unpaired) electrons. The monoisotopic (exact) mass is 314 g/mol. The maximum absolute atomic E-state index is 11.9. The highest BCUT2D eigenvalue weighted by molar-refractivity contribution is 7.20. The van der Waals surface area contributed by atoms with Gasteiger partial charge in [-0.05, 0) is 31.0 Å². The Morgan fingerprint density at radius 3 is 2.90 bits per heavy atom. The number of ether oxygens (including phenoxy) is 1. The molecule has 0 spiro atoms. The lowest BCUT2D eigenvalue weighted by atomic mass is 10.2. The summed E-state index contributed by atoms with van der Waals surface area (Å²) in [5, 5.41) is 4.02. The van der Waals surface area contributed by atoms with Crippen LogP contribution in [-0.2, 0) is 4.74 Å². The van der Waals surface area contributed by atoms with Gasteiger partial charge in [-0.25, -0.2) is 14.8 Å². The number of aromatic nitrogens is 2. The molecule has 0 amide bonds. The summed E-state index contributed by atoms with van der Waals surface area (Å²) in [5.41, 5.74) is 6.27. The van der Waals surface area contributed by atoms with E-state index in [0.717, 1.165) is 10.9 Å². The molecule has 3 N–H and O–H groups in total. The van der Waals surface area contributed by atoms with Gasteiger partial charge in [0.25, 0.3) is 0 Å². The van der Waals surface area contributed by atoms with Crippen LogP contribution in [0, 0.1) is 6.92 Å². The van der Waals surface area contributed by atoms with Crippen molar-refractivity contribution in [3.63, 3.8) is 0 Å². The second-order valence-corrected chi connectivity index (χ2v) is 5.35. The highest BCUT2D eigenvalue weighted by Gasteiger charge is 2.20. The fourth-order valence-electron chi connectivity index (χ4n) is 1.82. The topological polar surface area (TPSA) is 90.1 Å². The molecule has 0 aliphatic carbocycles. The van der Waals surface area contributed by atoms with Crippen LogP contribution in [-0.4, -0.2) is 35.6 Å². The largest absolute Gasteiger partial charge is 0.462 e. The minimum atomic E-state index is -0.353. The quantitative estimate of drug-likeness (QED) is 0.649. The number of nitrogens with two attached hydrogens (primary N) is 1. The van der Waals surface area contributed by atoms with Gasteiger partial charge in [0.05, 0.1) is 12.0 Å². The third-order valence-electron chi connectivity index (χ3n) is 2.66. The van der Waals surface area contributed by atoms with Crippen molar-refractivity contribution in [2.75, 3.05) is 25.0 Å². The van der Waals surface area contributed by atoms with Crippen LogP contribution >= 0.6 is 22.9 Å². The van der Waals surface area contributed by atoms with Crippen LogP contribution in [0.1, 0.15) is 22.2 Å². The average molecular weight is 315 g/mol. The zero-order valence-corrected chi connectivity index (χ0v) is 12.8. The normalized spacial score (nSPS) is 10.8.